The number of benzene rings is 2. The van der Waals surface area contributed by atoms with Gasteiger partial charge in [-0.25, -0.2) is 0 Å². The third kappa shape index (κ3) is 2.05. The van der Waals surface area contributed by atoms with Gasteiger partial charge in [-0.1, -0.05) is 65.8 Å². The minimum Gasteiger partial charge on any atom is -0.191 e. The first-order chi connectivity index (χ1) is 13.5. The zero-order valence-electron chi connectivity index (χ0n) is 19.5. The second-order valence-electron chi connectivity index (χ2n) is 11.4. The summed E-state index contributed by atoms with van der Waals surface area (Å²) in [5.74, 6) is 0. The van der Waals surface area contributed by atoms with Crippen molar-refractivity contribution in [3.05, 3.63) is 53.2 Å². The van der Waals surface area contributed by atoms with E-state index in [1.807, 2.05) is 0 Å². The summed E-state index contributed by atoms with van der Waals surface area (Å²) >= 11 is 0. The predicted octanol–water partition coefficient (Wildman–Crippen LogP) is 7.05. The molecule has 2 aromatic carbocycles. The van der Waals surface area contributed by atoms with E-state index in [-0.39, 0.29) is 21.8 Å². The van der Waals surface area contributed by atoms with E-state index in [2.05, 4.69) is 96.5 Å². The zero-order chi connectivity index (χ0) is 21.0. The lowest BCUT2D eigenvalue weighted by Crippen LogP contribution is -2.66. The van der Waals surface area contributed by atoms with Crippen LogP contribution in [0.5, 0.6) is 0 Å². The van der Waals surface area contributed by atoms with Crippen LogP contribution in [-0.2, 0) is 21.8 Å². The number of nitrogens with zero attached hydrogens (tertiary/aromatic N) is 1. The van der Waals surface area contributed by atoms with Crippen molar-refractivity contribution in [2.45, 2.75) is 96.4 Å². The molecule has 1 aliphatic heterocycles. The van der Waals surface area contributed by atoms with Crippen LogP contribution >= 0.6 is 0 Å². The van der Waals surface area contributed by atoms with Crippen molar-refractivity contribution in [3.63, 3.8) is 0 Å². The molecule has 3 aromatic rings. The van der Waals surface area contributed by atoms with E-state index >= 15 is 0 Å². The first-order valence-corrected chi connectivity index (χ1v) is 11.5. The van der Waals surface area contributed by atoms with Crippen molar-refractivity contribution < 1.29 is 4.57 Å². The van der Waals surface area contributed by atoms with Gasteiger partial charge in [0.05, 0.1) is 16.2 Å². The molecule has 5 rings (SSSR count). The van der Waals surface area contributed by atoms with E-state index in [0.717, 1.165) is 12.8 Å². The molecule has 29 heavy (non-hydrogen) atoms. The van der Waals surface area contributed by atoms with Gasteiger partial charge in [-0.2, -0.15) is 4.57 Å². The Morgan fingerprint density at radius 3 is 2.21 bits per heavy atom. The van der Waals surface area contributed by atoms with Gasteiger partial charge < -0.3 is 0 Å². The van der Waals surface area contributed by atoms with E-state index in [0.29, 0.717) is 0 Å². The fourth-order valence-electron chi connectivity index (χ4n) is 7.28. The molecule has 0 saturated heterocycles. The van der Waals surface area contributed by atoms with Gasteiger partial charge in [0.1, 0.15) is 0 Å². The maximum absolute atomic E-state index is 2.71. The molecule has 2 unspecified atom stereocenters. The van der Waals surface area contributed by atoms with Crippen molar-refractivity contribution in [3.8, 4) is 0 Å². The van der Waals surface area contributed by atoms with Crippen LogP contribution in [0, 0.1) is 0 Å². The lowest BCUT2D eigenvalue weighted by molar-refractivity contribution is -0.751. The maximum atomic E-state index is 2.71. The largest absolute Gasteiger partial charge is 0.221 e. The Hall–Kier alpha value is -1.89. The molecule has 0 saturated carbocycles. The molecule has 1 aromatic heterocycles. The second kappa shape index (κ2) is 5.42. The standard InChI is InChI=1S/C28H36N/c1-9-27(7)20-13-11-12-18-14-15-19-23-21(25(3,4)17-26(23,5)6)16-29(24(19)22(18)20)28(27,8)10-2/h11-16H,9-10,17H2,1-8H3/q+1. The Labute approximate surface area is 176 Å². The molecule has 0 N–H and O–H groups in total. The molecule has 0 bridgehead atoms. The van der Waals surface area contributed by atoms with Crippen LogP contribution in [0.15, 0.2) is 36.5 Å². The van der Waals surface area contributed by atoms with E-state index in [9.17, 15) is 0 Å². The highest BCUT2D eigenvalue weighted by Crippen LogP contribution is 2.55. The predicted molar refractivity (Wildman–Crippen MR) is 124 cm³/mol. The quantitative estimate of drug-likeness (QED) is 0.328. The van der Waals surface area contributed by atoms with Gasteiger partial charge in [0, 0.05) is 18.9 Å². The van der Waals surface area contributed by atoms with Gasteiger partial charge in [-0.15, -0.1) is 0 Å². The minimum atomic E-state index is 0.0560. The normalized spacial score (nSPS) is 29.0. The Morgan fingerprint density at radius 1 is 0.828 bits per heavy atom. The molecule has 0 fully saturated rings. The molecular formula is C28H36N+. The molecule has 2 heterocycles. The third-order valence-corrected chi connectivity index (χ3v) is 9.06. The summed E-state index contributed by atoms with van der Waals surface area (Å²) in [6.45, 7) is 19.5. The van der Waals surface area contributed by atoms with Crippen LogP contribution < -0.4 is 4.57 Å². The third-order valence-electron chi connectivity index (χ3n) is 9.06. The van der Waals surface area contributed by atoms with Gasteiger partial charge >= 0.3 is 0 Å². The zero-order valence-corrected chi connectivity index (χ0v) is 19.5. The van der Waals surface area contributed by atoms with Crippen LogP contribution in [0.1, 0.15) is 91.3 Å². The smallest absolute Gasteiger partial charge is 0.191 e. The second-order valence-corrected chi connectivity index (χ2v) is 11.4. The highest BCUT2D eigenvalue weighted by molar-refractivity contribution is 6.08. The van der Waals surface area contributed by atoms with E-state index in [1.165, 1.54) is 28.1 Å². The summed E-state index contributed by atoms with van der Waals surface area (Å²) in [5.41, 5.74) is 6.74. The van der Waals surface area contributed by atoms with Crippen LogP contribution in [0.4, 0.5) is 0 Å². The molecular weight excluding hydrogens is 350 g/mol. The van der Waals surface area contributed by atoms with Crippen molar-refractivity contribution in [1.82, 2.24) is 0 Å². The van der Waals surface area contributed by atoms with Crippen LogP contribution in [0.2, 0.25) is 0 Å². The molecule has 0 spiro atoms. The Bertz CT molecular complexity index is 1180. The van der Waals surface area contributed by atoms with Gasteiger partial charge in [0.2, 0.25) is 5.52 Å². The molecule has 152 valence electrons. The van der Waals surface area contributed by atoms with Crippen LogP contribution in [-0.4, -0.2) is 0 Å². The topological polar surface area (TPSA) is 3.88 Å². The minimum absolute atomic E-state index is 0.0560. The highest BCUT2D eigenvalue weighted by atomic mass is 15.1. The van der Waals surface area contributed by atoms with Crippen molar-refractivity contribution >= 4 is 21.7 Å². The number of hydrogen-bond acceptors (Lipinski definition) is 0. The molecule has 2 aliphatic rings. The molecule has 1 heteroatoms. The van der Waals surface area contributed by atoms with E-state index in [1.54, 1.807) is 16.7 Å². The Morgan fingerprint density at radius 2 is 1.55 bits per heavy atom. The monoisotopic (exact) mass is 386 g/mol. The molecule has 1 nitrogen and oxygen atoms in total. The summed E-state index contributed by atoms with van der Waals surface area (Å²) in [4.78, 5) is 0. The first kappa shape index (κ1) is 19.1. The average Bonchev–Trinajstić information content (AvgIpc) is 2.88. The molecule has 0 radical (unpaired) electrons. The van der Waals surface area contributed by atoms with Gasteiger partial charge in [0.25, 0.3) is 0 Å². The van der Waals surface area contributed by atoms with Gasteiger partial charge in [-0.05, 0) is 53.2 Å². The SMILES string of the molecule is CCC1(C)c2cccc3ccc4c5c(c[n+](c4c23)C1(C)CC)C(C)(C)CC5(C)C. The van der Waals surface area contributed by atoms with E-state index < -0.39 is 0 Å². The average molecular weight is 387 g/mol. The number of aromatic nitrogens is 1. The Kier molecular flexibility index (Phi) is 3.57. The summed E-state index contributed by atoms with van der Waals surface area (Å²) < 4.78 is 2.71. The summed E-state index contributed by atoms with van der Waals surface area (Å²) in [5, 5.41) is 4.36. The number of hydrogen-bond donors (Lipinski definition) is 0. The molecule has 1 aliphatic carbocycles. The number of rotatable bonds is 2. The number of fused-ring (bicyclic) bond motifs is 2. The van der Waals surface area contributed by atoms with Crippen LogP contribution in [0.3, 0.4) is 0 Å². The lowest BCUT2D eigenvalue weighted by atomic mass is 9.61. The maximum Gasteiger partial charge on any atom is 0.221 e. The fraction of sp³-hybridized carbons (Fsp3) is 0.536. The van der Waals surface area contributed by atoms with Gasteiger partial charge in [0.15, 0.2) is 11.7 Å². The van der Waals surface area contributed by atoms with Crippen molar-refractivity contribution in [2.75, 3.05) is 0 Å². The first-order valence-electron chi connectivity index (χ1n) is 11.5. The summed E-state index contributed by atoms with van der Waals surface area (Å²) in [6.07, 6.45) is 6.05. The van der Waals surface area contributed by atoms with E-state index in [4.69, 9.17) is 0 Å². The van der Waals surface area contributed by atoms with Gasteiger partial charge in [-0.3, -0.25) is 0 Å². The van der Waals surface area contributed by atoms with Crippen LogP contribution in [0.25, 0.3) is 21.7 Å². The fourth-order valence-corrected chi connectivity index (χ4v) is 7.28. The summed E-state index contributed by atoms with van der Waals surface area (Å²) in [6, 6.07) is 11.8. The van der Waals surface area contributed by atoms with Crippen molar-refractivity contribution in [1.29, 1.82) is 0 Å². The summed E-state index contributed by atoms with van der Waals surface area (Å²) in [7, 11) is 0. The molecule has 2 atom stereocenters. The lowest BCUT2D eigenvalue weighted by Gasteiger charge is -2.45. The molecule has 0 amide bonds. The Balaban J connectivity index is 2.10. The number of pyridine rings is 1. The van der Waals surface area contributed by atoms with Crippen molar-refractivity contribution in [2.24, 2.45) is 0 Å². The highest BCUT2D eigenvalue weighted by Gasteiger charge is 2.57.